The van der Waals surface area contributed by atoms with E-state index in [4.69, 9.17) is 5.73 Å². The number of carbonyl (C=O) groups is 2. The minimum Gasteiger partial charge on any atom is -0.368 e. The number of fused-ring (bicyclic) bond motifs is 2. The number of carbonyl (C=O) groups excluding carboxylic acids is 2. The molecule has 0 spiro atoms. The number of aromatic nitrogens is 2. The molecule has 29 heavy (non-hydrogen) atoms. The molecule has 0 aliphatic heterocycles. The van der Waals surface area contributed by atoms with E-state index in [1.54, 1.807) is 12.3 Å². The summed E-state index contributed by atoms with van der Waals surface area (Å²) in [6, 6.07) is 11.4. The van der Waals surface area contributed by atoms with Crippen molar-refractivity contribution in [2.75, 3.05) is 0 Å². The van der Waals surface area contributed by atoms with Crippen LogP contribution in [0.4, 0.5) is 4.39 Å². The van der Waals surface area contributed by atoms with Crippen LogP contribution in [0.3, 0.4) is 0 Å². The number of hydrogen-bond acceptors (Lipinski definition) is 2. The van der Waals surface area contributed by atoms with Gasteiger partial charge in [0.05, 0.1) is 0 Å². The molecule has 4 rings (SSSR count). The summed E-state index contributed by atoms with van der Waals surface area (Å²) in [7, 11) is 0. The number of halogens is 1. The third kappa shape index (κ3) is 3.99. The van der Waals surface area contributed by atoms with Crippen molar-refractivity contribution in [3.05, 3.63) is 71.8 Å². The molecule has 2 aromatic carbocycles. The third-order valence-electron chi connectivity index (χ3n) is 5.13. The molecule has 7 heteroatoms. The lowest BCUT2D eigenvalue weighted by molar-refractivity contribution is -0.127. The van der Waals surface area contributed by atoms with E-state index in [1.807, 2.05) is 30.5 Å². The van der Waals surface area contributed by atoms with Crippen molar-refractivity contribution in [3.63, 3.8) is 0 Å². The molecule has 6 nitrogen and oxygen atoms in total. The molecular weight excluding hydrogens is 371 g/mol. The van der Waals surface area contributed by atoms with Crippen molar-refractivity contribution in [2.24, 2.45) is 5.73 Å². The maximum absolute atomic E-state index is 13.6. The molecule has 1 atom stereocenters. The van der Waals surface area contributed by atoms with E-state index in [0.717, 1.165) is 27.5 Å². The normalized spacial score (nSPS) is 12.3. The van der Waals surface area contributed by atoms with Crippen LogP contribution in [0.25, 0.3) is 21.8 Å². The van der Waals surface area contributed by atoms with Gasteiger partial charge in [-0.2, -0.15) is 0 Å². The monoisotopic (exact) mass is 392 g/mol. The van der Waals surface area contributed by atoms with Gasteiger partial charge in [-0.3, -0.25) is 9.59 Å². The SMILES string of the molecule is NC(=O)C(Cc1c[nH]c2ccc(F)cc12)NC(=O)CCc1c[nH]c2ccccc12. The van der Waals surface area contributed by atoms with Gasteiger partial charge in [-0.1, -0.05) is 18.2 Å². The van der Waals surface area contributed by atoms with Gasteiger partial charge >= 0.3 is 0 Å². The second-order valence-electron chi connectivity index (χ2n) is 7.09. The number of aryl methyl sites for hydroxylation is 1. The Bertz CT molecular complexity index is 1190. The number of rotatable bonds is 7. The topological polar surface area (TPSA) is 104 Å². The van der Waals surface area contributed by atoms with Gasteiger partial charge in [0.25, 0.3) is 0 Å². The molecule has 2 aromatic heterocycles. The van der Waals surface area contributed by atoms with Crippen LogP contribution in [-0.4, -0.2) is 27.8 Å². The largest absolute Gasteiger partial charge is 0.368 e. The summed E-state index contributed by atoms with van der Waals surface area (Å²) < 4.78 is 13.6. The first-order valence-electron chi connectivity index (χ1n) is 9.40. The summed E-state index contributed by atoms with van der Waals surface area (Å²) in [5, 5.41) is 4.46. The number of aromatic amines is 2. The van der Waals surface area contributed by atoms with Crippen LogP contribution in [0.5, 0.6) is 0 Å². The molecule has 4 aromatic rings. The Morgan fingerprint density at radius 3 is 2.52 bits per heavy atom. The van der Waals surface area contributed by atoms with E-state index in [1.165, 1.54) is 12.1 Å². The van der Waals surface area contributed by atoms with E-state index in [2.05, 4.69) is 15.3 Å². The van der Waals surface area contributed by atoms with Crippen LogP contribution in [0.1, 0.15) is 17.5 Å². The van der Waals surface area contributed by atoms with E-state index >= 15 is 0 Å². The first-order valence-corrected chi connectivity index (χ1v) is 9.40. The lowest BCUT2D eigenvalue weighted by Crippen LogP contribution is -2.45. The molecule has 0 aliphatic rings. The summed E-state index contributed by atoms with van der Waals surface area (Å²) in [5.74, 6) is -1.25. The Balaban J connectivity index is 1.43. The fourth-order valence-electron chi connectivity index (χ4n) is 3.62. The molecule has 148 valence electrons. The average molecular weight is 392 g/mol. The Labute approximate surface area is 166 Å². The van der Waals surface area contributed by atoms with Gasteiger partial charge in [0.1, 0.15) is 11.9 Å². The van der Waals surface area contributed by atoms with E-state index in [0.29, 0.717) is 11.8 Å². The molecule has 2 amide bonds. The van der Waals surface area contributed by atoms with E-state index in [9.17, 15) is 14.0 Å². The fraction of sp³-hybridized carbons (Fsp3) is 0.182. The van der Waals surface area contributed by atoms with Crippen molar-refractivity contribution in [1.82, 2.24) is 15.3 Å². The maximum atomic E-state index is 13.6. The zero-order valence-corrected chi connectivity index (χ0v) is 15.7. The quantitative estimate of drug-likeness (QED) is 0.388. The fourth-order valence-corrected chi connectivity index (χ4v) is 3.62. The van der Waals surface area contributed by atoms with Crippen molar-refractivity contribution < 1.29 is 14.0 Å². The second kappa shape index (κ2) is 7.79. The zero-order chi connectivity index (χ0) is 20.4. The van der Waals surface area contributed by atoms with Gasteiger partial charge < -0.3 is 21.0 Å². The summed E-state index contributed by atoms with van der Waals surface area (Å²) in [6.45, 7) is 0. The lowest BCUT2D eigenvalue weighted by atomic mass is 10.0. The number of hydrogen-bond donors (Lipinski definition) is 4. The molecule has 1 unspecified atom stereocenters. The minimum atomic E-state index is -0.868. The Morgan fingerprint density at radius 2 is 1.72 bits per heavy atom. The number of para-hydroxylation sites is 1. The summed E-state index contributed by atoms with van der Waals surface area (Å²) in [6.07, 6.45) is 4.56. The van der Waals surface area contributed by atoms with Crippen molar-refractivity contribution >= 4 is 33.6 Å². The van der Waals surface area contributed by atoms with E-state index < -0.39 is 11.9 Å². The standard InChI is InChI=1S/C22H21FN4O2/c23-15-6-7-19-17(10-15)14(12-26-19)9-20(22(24)29)27-21(28)8-5-13-11-25-18-4-2-1-3-16(13)18/h1-4,6-7,10-12,20,25-26H,5,8-9H2,(H2,24,29)(H,27,28). The minimum absolute atomic E-state index is 0.192. The van der Waals surface area contributed by atoms with Crippen molar-refractivity contribution in [1.29, 1.82) is 0 Å². The smallest absolute Gasteiger partial charge is 0.240 e. The molecule has 0 aliphatic carbocycles. The highest BCUT2D eigenvalue weighted by Gasteiger charge is 2.20. The predicted molar refractivity (Wildman–Crippen MR) is 110 cm³/mol. The van der Waals surface area contributed by atoms with E-state index in [-0.39, 0.29) is 24.6 Å². The number of nitrogens with two attached hydrogens (primary N) is 1. The van der Waals surface area contributed by atoms with Gasteiger partial charge in [-0.15, -0.1) is 0 Å². The van der Waals surface area contributed by atoms with Gasteiger partial charge in [-0.05, 0) is 41.8 Å². The van der Waals surface area contributed by atoms with Crippen LogP contribution in [0.2, 0.25) is 0 Å². The van der Waals surface area contributed by atoms with Gasteiger partial charge in [0, 0.05) is 47.0 Å². The summed E-state index contributed by atoms with van der Waals surface area (Å²) in [4.78, 5) is 30.5. The number of H-pyrrole nitrogens is 2. The maximum Gasteiger partial charge on any atom is 0.240 e. The first kappa shape index (κ1) is 18.7. The van der Waals surface area contributed by atoms with Gasteiger partial charge in [-0.25, -0.2) is 4.39 Å². The molecule has 0 bridgehead atoms. The number of primary amides is 1. The molecule has 0 radical (unpaired) electrons. The third-order valence-corrected chi connectivity index (χ3v) is 5.13. The number of benzene rings is 2. The highest BCUT2D eigenvalue weighted by Crippen LogP contribution is 2.21. The van der Waals surface area contributed by atoms with Crippen LogP contribution in [-0.2, 0) is 22.4 Å². The Morgan fingerprint density at radius 1 is 1.00 bits per heavy atom. The van der Waals surface area contributed by atoms with Gasteiger partial charge in [0.15, 0.2) is 0 Å². The highest BCUT2D eigenvalue weighted by atomic mass is 19.1. The molecule has 0 fully saturated rings. The second-order valence-corrected chi connectivity index (χ2v) is 7.09. The lowest BCUT2D eigenvalue weighted by Gasteiger charge is -2.15. The summed E-state index contributed by atoms with van der Waals surface area (Å²) in [5.41, 5.74) is 9.04. The predicted octanol–water partition coefficient (Wildman–Crippen LogP) is 2.93. The Kier molecular flexibility index (Phi) is 5.03. The number of amides is 2. The highest BCUT2D eigenvalue weighted by molar-refractivity contribution is 5.89. The molecule has 5 N–H and O–H groups in total. The van der Waals surface area contributed by atoms with Crippen LogP contribution >= 0.6 is 0 Å². The number of nitrogens with one attached hydrogen (secondary N) is 3. The average Bonchev–Trinajstić information content (AvgIpc) is 3.29. The van der Waals surface area contributed by atoms with Gasteiger partial charge in [0.2, 0.25) is 11.8 Å². The van der Waals surface area contributed by atoms with Crippen molar-refractivity contribution in [2.45, 2.75) is 25.3 Å². The summed E-state index contributed by atoms with van der Waals surface area (Å²) >= 11 is 0. The molecule has 2 heterocycles. The van der Waals surface area contributed by atoms with Crippen LogP contribution < -0.4 is 11.1 Å². The van der Waals surface area contributed by atoms with Crippen LogP contribution in [0.15, 0.2) is 54.9 Å². The molecule has 0 saturated carbocycles. The molecular formula is C22H21FN4O2. The Hall–Kier alpha value is -3.61. The zero-order valence-electron chi connectivity index (χ0n) is 15.7. The molecule has 0 saturated heterocycles. The van der Waals surface area contributed by atoms with Crippen LogP contribution in [0, 0.1) is 5.82 Å². The van der Waals surface area contributed by atoms with Crippen molar-refractivity contribution in [3.8, 4) is 0 Å². The first-order chi connectivity index (χ1) is 14.0.